The highest BCUT2D eigenvalue weighted by molar-refractivity contribution is 5.86. The van der Waals surface area contributed by atoms with E-state index in [0.29, 0.717) is 0 Å². The number of esters is 4. The van der Waals surface area contributed by atoms with Gasteiger partial charge in [0.15, 0.2) is 37.0 Å². The smallest absolute Gasteiger partial charge is 0.338 e. The highest BCUT2D eigenvalue weighted by Crippen LogP contribution is 2.33. The molecule has 2 heterocycles. The first-order chi connectivity index (χ1) is 20.3. The van der Waals surface area contributed by atoms with Crippen molar-refractivity contribution in [3.05, 3.63) is 71.8 Å². The molecule has 4 rings (SSSR count). The normalized spacial score (nSPS) is 22.0. The summed E-state index contributed by atoms with van der Waals surface area (Å²) >= 11 is 0. The molecule has 2 aliphatic heterocycles. The van der Waals surface area contributed by atoms with Gasteiger partial charge in [-0.3, -0.25) is 0 Å². The number of carbonyl (C=O) groups excluding carboxylic acids is 4. The summed E-state index contributed by atoms with van der Waals surface area (Å²) in [5.41, 5.74) is 1.44. The zero-order chi connectivity index (χ0) is 30.5. The summed E-state index contributed by atoms with van der Waals surface area (Å²) < 4.78 is 41.8. The van der Waals surface area contributed by atoms with E-state index in [1.54, 1.807) is 52.0 Å². The standard InChI is InChI=1S/2C15H18O6/c2*1-3-18-13(16)11-12(14(17)19-4-2)21-15(20-11)10-8-6-5-7-9-10/h2*5-9,11-12,15H,3-4H2,1-2H3/t2*11-,12-/m00/s1. The van der Waals surface area contributed by atoms with Crippen LogP contribution in [-0.4, -0.2) is 74.7 Å². The van der Waals surface area contributed by atoms with Gasteiger partial charge in [-0.05, 0) is 27.7 Å². The maximum atomic E-state index is 11.9. The molecule has 2 aromatic rings. The van der Waals surface area contributed by atoms with Gasteiger partial charge in [0.05, 0.1) is 26.4 Å². The van der Waals surface area contributed by atoms with Crippen LogP contribution in [0.5, 0.6) is 0 Å². The third kappa shape index (κ3) is 8.58. The number of hydrogen-bond donors (Lipinski definition) is 0. The van der Waals surface area contributed by atoms with Crippen LogP contribution in [0.2, 0.25) is 0 Å². The van der Waals surface area contributed by atoms with E-state index < -0.39 is 60.9 Å². The molecule has 0 unspecified atom stereocenters. The van der Waals surface area contributed by atoms with Gasteiger partial charge in [-0.2, -0.15) is 0 Å². The Labute approximate surface area is 244 Å². The van der Waals surface area contributed by atoms with E-state index in [-0.39, 0.29) is 26.4 Å². The summed E-state index contributed by atoms with van der Waals surface area (Å²) in [6, 6.07) is 18.1. The molecule has 0 bridgehead atoms. The van der Waals surface area contributed by atoms with Crippen molar-refractivity contribution < 1.29 is 57.1 Å². The molecule has 0 radical (unpaired) electrons. The summed E-state index contributed by atoms with van der Waals surface area (Å²) in [5, 5.41) is 0. The van der Waals surface area contributed by atoms with Crippen molar-refractivity contribution >= 4 is 23.9 Å². The average Bonchev–Trinajstić information content (AvgIpc) is 3.65. The Morgan fingerprint density at radius 2 is 0.714 bits per heavy atom. The molecule has 0 spiro atoms. The van der Waals surface area contributed by atoms with Crippen LogP contribution in [0.15, 0.2) is 60.7 Å². The number of carbonyl (C=O) groups is 4. The number of benzene rings is 2. The predicted molar refractivity (Wildman–Crippen MR) is 144 cm³/mol. The van der Waals surface area contributed by atoms with Gasteiger partial charge in [0.25, 0.3) is 0 Å². The number of ether oxygens (including phenoxy) is 8. The van der Waals surface area contributed by atoms with Crippen molar-refractivity contribution in [2.24, 2.45) is 0 Å². The first-order valence-electron chi connectivity index (χ1n) is 13.7. The SMILES string of the molecule is CCOC(=O)[C@H]1OC(c2ccccc2)O[C@@H]1C(=O)OCC.CCOC(=O)[C@H]1OC(c2ccccc2)O[C@@H]1C(=O)OCC. The van der Waals surface area contributed by atoms with E-state index in [1.165, 1.54) is 0 Å². The van der Waals surface area contributed by atoms with E-state index in [9.17, 15) is 19.2 Å². The fourth-order valence-electron chi connectivity index (χ4n) is 4.03. The van der Waals surface area contributed by atoms with E-state index in [0.717, 1.165) is 11.1 Å². The second kappa shape index (κ2) is 16.6. The lowest BCUT2D eigenvalue weighted by atomic mass is 10.2. The fourth-order valence-corrected chi connectivity index (χ4v) is 4.03. The zero-order valence-corrected chi connectivity index (χ0v) is 24.0. The van der Waals surface area contributed by atoms with Gasteiger partial charge in [-0.25, -0.2) is 19.2 Å². The second-order valence-corrected chi connectivity index (χ2v) is 8.72. The molecule has 42 heavy (non-hydrogen) atoms. The molecular weight excluding hydrogens is 552 g/mol. The molecular formula is C30H36O12. The molecule has 4 atom stereocenters. The average molecular weight is 589 g/mol. The van der Waals surface area contributed by atoms with Gasteiger partial charge in [0.2, 0.25) is 0 Å². The topological polar surface area (TPSA) is 142 Å². The Morgan fingerprint density at radius 3 is 0.929 bits per heavy atom. The summed E-state index contributed by atoms with van der Waals surface area (Å²) in [5.74, 6) is -2.52. The van der Waals surface area contributed by atoms with Crippen LogP contribution in [0.4, 0.5) is 0 Å². The first-order valence-corrected chi connectivity index (χ1v) is 13.7. The van der Waals surface area contributed by atoms with Crippen LogP contribution in [0.25, 0.3) is 0 Å². The van der Waals surface area contributed by atoms with Crippen LogP contribution in [-0.2, 0) is 57.1 Å². The largest absolute Gasteiger partial charge is 0.464 e. The molecule has 0 N–H and O–H groups in total. The zero-order valence-electron chi connectivity index (χ0n) is 24.0. The molecule has 12 heteroatoms. The maximum absolute atomic E-state index is 11.9. The lowest BCUT2D eigenvalue weighted by Crippen LogP contribution is -2.39. The maximum Gasteiger partial charge on any atom is 0.338 e. The van der Waals surface area contributed by atoms with Crippen molar-refractivity contribution in [2.75, 3.05) is 26.4 Å². The number of rotatable bonds is 10. The molecule has 0 aromatic heterocycles. The monoisotopic (exact) mass is 588 g/mol. The minimum atomic E-state index is -1.12. The molecule has 228 valence electrons. The molecule has 0 amide bonds. The summed E-state index contributed by atoms with van der Waals surface area (Å²) in [4.78, 5) is 47.6. The Hall–Kier alpha value is -3.84. The fraction of sp³-hybridized carbons (Fsp3) is 0.467. The highest BCUT2D eigenvalue weighted by atomic mass is 16.8. The Balaban J connectivity index is 0.000000230. The molecule has 2 aliphatic rings. The Morgan fingerprint density at radius 1 is 0.476 bits per heavy atom. The van der Waals surface area contributed by atoms with Crippen molar-refractivity contribution in [3.63, 3.8) is 0 Å². The summed E-state index contributed by atoms with van der Waals surface area (Å²) in [6.07, 6.45) is -6.06. The Bertz CT molecular complexity index is 1010. The van der Waals surface area contributed by atoms with Gasteiger partial charge < -0.3 is 37.9 Å². The molecule has 2 fully saturated rings. The van der Waals surface area contributed by atoms with Crippen LogP contribution >= 0.6 is 0 Å². The van der Waals surface area contributed by atoms with Gasteiger partial charge in [0, 0.05) is 11.1 Å². The molecule has 2 aromatic carbocycles. The van der Waals surface area contributed by atoms with Crippen molar-refractivity contribution in [3.8, 4) is 0 Å². The van der Waals surface area contributed by atoms with Crippen molar-refractivity contribution in [1.29, 1.82) is 0 Å². The minimum Gasteiger partial charge on any atom is -0.464 e. The molecule has 0 aliphatic carbocycles. The van der Waals surface area contributed by atoms with Gasteiger partial charge >= 0.3 is 23.9 Å². The first kappa shape index (κ1) is 32.7. The van der Waals surface area contributed by atoms with Crippen LogP contribution in [0.3, 0.4) is 0 Å². The van der Waals surface area contributed by atoms with Crippen LogP contribution in [0.1, 0.15) is 51.4 Å². The Kier molecular flexibility index (Phi) is 12.9. The van der Waals surface area contributed by atoms with E-state index in [4.69, 9.17) is 37.9 Å². The summed E-state index contributed by atoms with van der Waals surface area (Å²) in [7, 11) is 0. The lowest BCUT2D eigenvalue weighted by molar-refractivity contribution is -0.163. The number of hydrogen-bond acceptors (Lipinski definition) is 12. The lowest BCUT2D eigenvalue weighted by Gasteiger charge is -2.13. The van der Waals surface area contributed by atoms with Crippen molar-refractivity contribution in [1.82, 2.24) is 0 Å². The van der Waals surface area contributed by atoms with Crippen LogP contribution < -0.4 is 0 Å². The quantitative estimate of drug-likeness (QED) is 0.297. The molecule has 2 saturated heterocycles. The van der Waals surface area contributed by atoms with Crippen molar-refractivity contribution in [2.45, 2.75) is 64.7 Å². The summed E-state index contributed by atoms with van der Waals surface area (Å²) in [6.45, 7) is 7.52. The minimum absolute atomic E-state index is 0.199. The molecule has 0 saturated carbocycles. The highest BCUT2D eigenvalue weighted by Gasteiger charge is 2.48. The van der Waals surface area contributed by atoms with Gasteiger partial charge in [0.1, 0.15) is 0 Å². The third-order valence-corrected chi connectivity index (χ3v) is 5.85. The van der Waals surface area contributed by atoms with Gasteiger partial charge in [-0.15, -0.1) is 0 Å². The second-order valence-electron chi connectivity index (χ2n) is 8.72. The molecule has 12 nitrogen and oxygen atoms in total. The van der Waals surface area contributed by atoms with E-state index in [1.807, 2.05) is 36.4 Å². The van der Waals surface area contributed by atoms with Gasteiger partial charge in [-0.1, -0.05) is 60.7 Å². The third-order valence-electron chi connectivity index (χ3n) is 5.85. The predicted octanol–water partition coefficient (Wildman–Crippen LogP) is 3.19. The van der Waals surface area contributed by atoms with Crippen LogP contribution in [0, 0.1) is 0 Å². The van der Waals surface area contributed by atoms with E-state index >= 15 is 0 Å². The van der Waals surface area contributed by atoms with E-state index in [2.05, 4.69) is 0 Å².